The minimum atomic E-state index is -1.23. The van der Waals surface area contributed by atoms with Crippen molar-refractivity contribution in [3.8, 4) is 11.5 Å². The van der Waals surface area contributed by atoms with E-state index in [1.807, 2.05) is 18.2 Å². The standard InChI is InChI=1S/C26H43ClN2O7/c1-17(2)19(12-18-8-9-22(35-6)23(13-18)36-11-7-10-34-5)14-20(29-25(32)33)21(30)15-28-24(31)26(3,4)16-27/h8-9,13,17,19-21,29-30H,7,10-12,14-16H2,1-6H3,(H,28,31)(H,32,33)/t19?,20?,21-/m0/s1. The van der Waals surface area contributed by atoms with Crippen LogP contribution in [0.1, 0.15) is 46.1 Å². The molecule has 0 aromatic heterocycles. The quantitative estimate of drug-likeness (QED) is 0.179. The molecule has 0 saturated heterocycles. The van der Waals surface area contributed by atoms with Gasteiger partial charge in [0, 0.05) is 32.6 Å². The van der Waals surface area contributed by atoms with Gasteiger partial charge < -0.3 is 35.1 Å². The van der Waals surface area contributed by atoms with Crippen molar-refractivity contribution < 1.29 is 34.0 Å². The molecule has 2 unspecified atom stereocenters. The molecule has 1 aromatic carbocycles. The first kappa shape index (κ1) is 31.8. The van der Waals surface area contributed by atoms with E-state index in [9.17, 15) is 19.8 Å². The Hall–Kier alpha value is -2.23. The van der Waals surface area contributed by atoms with E-state index in [0.717, 1.165) is 12.0 Å². The molecular formula is C26H43ClN2O7. The lowest BCUT2D eigenvalue weighted by molar-refractivity contribution is -0.128. The van der Waals surface area contributed by atoms with Crippen LogP contribution in [0.4, 0.5) is 4.79 Å². The SMILES string of the molecule is COCCCOc1cc(CC(CC(NC(=O)O)[C@@H](O)CNC(=O)C(C)(C)CCl)C(C)C)ccc1OC. The summed E-state index contributed by atoms with van der Waals surface area (Å²) >= 11 is 5.85. The Kier molecular flexibility index (Phi) is 13.9. The molecule has 0 bridgehead atoms. The van der Waals surface area contributed by atoms with Crippen LogP contribution in [0, 0.1) is 17.3 Å². The van der Waals surface area contributed by atoms with Crippen molar-refractivity contribution in [3.05, 3.63) is 23.8 Å². The largest absolute Gasteiger partial charge is 0.493 e. The number of alkyl halides is 1. The summed E-state index contributed by atoms with van der Waals surface area (Å²) in [6, 6.07) is 4.98. The third-order valence-electron chi connectivity index (χ3n) is 6.17. The molecule has 0 radical (unpaired) electrons. The summed E-state index contributed by atoms with van der Waals surface area (Å²) < 4.78 is 16.4. The van der Waals surface area contributed by atoms with Crippen LogP contribution in [-0.2, 0) is 16.0 Å². The first-order valence-corrected chi connectivity index (χ1v) is 12.8. The fraction of sp³-hybridized carbons (Fsp3) is 0.692. The van der Waals surface area contributed by atoms with Crippen LogP contribution >= 0.6 is 11.6 Å². The van der Waals surface area contributed by atoms with Gasteiger partial charge in [-0.1, -0.05) is 19.9 Å². The molecule has 3 atom stereocenters. The fourth-order valence-corrected chi connectivity index (χ4v) is 3.80. The Balaban J connectivity index is 2.97. The van der Waals surface area contributed by atoms with E-state index in [-0.39, 0.29) is 30.2 Å². The molecule has 9 nitrogen and oxygen atoms in total. The van der Waals surface area contributed by atoms with Gasteiger partial charge in [0.2, 0.25) is 5.91 Å². The highest BCUT2D eigenvalue weighted by atomic mass is 35.5. The minimum absolute atomic E-state index is 0.0428. The Morgan fingerprint density at radius 2 is 1.83 bits per heavy atom. The highest BCUT2D eigenvalue weighted by Crippen LogP contribution is 2.31. The van der Waals surface area contributed by atoms with Crippen LogP contribution < -0.4 is 20.1 Å². The van der Waals surface area contributed by atoms with Crippen LogP contribution in [0.3, 0.4) is 0 Å². The van der Waals surface area contributed by atoms with Gasteiger partial charge >= 0.3 is 6.09 Å². The highest BCUT2D eigenvalue weighted by Gasteiger charge is 2.30. The van der Waals surface area contributed by atoms with Gasteiger partial charge in [-0.15, -0.1) is 11.6 Å². The summed E-state index contributed by atoms with van der Waals surface area (Å²) in [6.45, 7) is 8.53. The number of nitrogens with one attached hydrogen (secondary N) is 2. The molecule has 36 heavy (non-hydrogen) atoms. The molecule has 1 rings (SSSR count). The zero-order valence-corrected chi connectivity index (χ0v) is 23.1. The number of halogens is 1. The van der Waals surface area contributed by atoms with Crippen LogP contribution in [0.2, 0.25) is 0 Å². The second-order valence-corrected chi connectivity index (χ2v) is 10.2. The molecule has 0 aliphatic rings. The molecule has 0 fully saturated rings. The smallest absolute Gasteiger partial charge is 0.404 e. The van der Waals surface area contributed by atoms with Crippen LogP contribution in [-0.4, -0.2) is 74.2 Å². The van der Waals surface area contributed by atoms with E-state index < -0.39 is 23.7 Å². The topological polar surface area (TPSA) is 126 Å². The Bertz CT molecular complexity index is 819. The van der Waals surface area contributed by atoms with Crippen LogP contribution in [0.15, 0.2) is 18.2 Å². The summed E-state index contributed by atoms with van der Waals surface area (Å²) in [5.41, 5.74) is 0.215. The number of hydrogen-bond donors (Lipinski definition) is 4. The van der Waals surface area contributed by atoms with Gasteiger partial charge in [-0.25, -0.2) is 4.79 Å². The predicted molar refractivity (Wildman–Crippen MR) is 140 cm³/mol. The summed E-state index contributed by atoms with van der Waals surface area (Å²) in [6.07, 6.45) is -0.558. The van der Waals surface area contributed by atoms with Crippen molar-refractivity contribution in [1.82, 2.24) is 10.6 Å². The van der Waals surface area contributed by atoms with E-state index in [1.165, 1.54) is 0 Å². The number of aliphatic hydroxyl groups excluding tert-OH is 1. The van der Waals surface area contributed by atoms with E-state index in [1.54, 1.807) is 28.1 Å². The zero-order valence-electron chi connectivity index (χ0n) is 22.3. The van der Waals surface area contributed by atoms with Gasteiger partial charge in [0.15, 0.2) is 11.5 Å². The molecule has 0 saturated carbocycles. The maximum Gasteiger partial charge on any atom is 0.404 e. The van der Waals surface area contributed by atoms with Crippen molar-refractivity contribution in [2.24, 2.45) is 17.3 Å². The van der Waals surface area contributed by atoms with Crippen molar-refractivity contribution in [3.63, 3.8) is 0 Å². The maximum absolute atomic E-state index is 12.3. The second-order valence-electron chi connectivity index (χ2n) is 9.97. The summed E-state index contributed by atoms with van der Waals surface area (Å²) in [5.74, 6) is 1.34. The molecule has 0 aliphatic heterocycles. The van der Waals surface area contributed by atoms with Crippen molar-refractivity contribution in [1.29, 1.82) is 0 Å². The Morgan fingerprint density at radius 1 is 1.14 bits per heavy atom. The number of ether oxygens (including phenoxy) is 3. The molecule has 2 amide bonds. The summed E-state index contributed by atoms with van der Waals surface area (Å²) in [7, 11) is 3.23. The summed E-state index contributed by atoms with van der Waals surface area (Å²) in [4.78, 5) is 23.8. The monoisotopic (exact) mass is 530 g/mol. The molecule has 206 valence electrons. The Morgan fingerprint density at radius 3 is 2.39 bits per heavy atom. The number of carbonyl (C=O) groups excluding carboxylic acids is 1. The number of methoxy groups -OCH3 is 2. The summed E-state index contributed by atoms with van der Waals surface area (Å²) in [5, 5.41) is 25.3. The lowest BCUT2D eigenvalue weighted by Gasteiger charge is -2.30. The van der Waals surface area contributed by atoms with Gasteiger partial charge in [-0.05, 0) is 56.2 Å². The van der Waals surface area contributed by atoms with Crippen molar-refractivity contribution in [2.45, 2.75) is 59.1 Å². The van der Waals surface area contributed by atoms with Crippen molar-refractivity contribution in [2.75, 3.05) is 39.9 Å². The van der Waals surface area contributed by atoms with Crippen LogP contribution in [0.5, 0.6) is 11.5 Å². The molecule has 0 spiro atoms. The second kappa shape index (κ2) is 15.8. The number of amides is 2. The third-order valence-corrected chi connectivity index (χ3v) is 6.84. The third kappa shape index (κ3) is 10.8. The van der Waals surface area contributed by atoms with Gasteiger partial charge in [0.05, 0.1) is 31.3 Å². The van der Waals surface area contributed by atoms with Gasteiger partial charge in [-0.3, -0.25) is 4.79 Å². The lowest BCUT2D eigenvalue weighted by atomic mass is 9.83. The maximum atomic E-state index is 12.3. The molecule has 0 aliphatic carbocycles. The first-order valence-electron chi connectivity index (χ1n) is 12.3. The fourth-order valence-electron chi connectivity index (χ4n) is 3.68. The van der Waals surface area contributed by atoms with Gasteiger partial charge in [0.1, 0.15) is 0 Å². The number of hydrogen-bond acceptors (Lipinski definition) is 6. The van der Waals surface area contributed by atoms with Crippen molar-refractivity contribution >= 4 is 23.6 Å². The number of carbonyl (C=O) groups is 2. The average Bonchev–Trinajstić information content (AvgIpc) is 2.83. The van der Waals surface area contributed by atoms with E-state index in [2.05, 4.69) is 24.5 Å². The molecular weight excluding hydrogens is 488 g/mol. The number of aliphatic hydroxyl groups is 1. The number of rotatable bonds is 17. The first-order chi connectivity index (χ1) is 16.9. The molecule has 1 aromatic rings. The van der Waals surface area contributed by atoms with Crippen LogP contribution in [0.25, 0.3) is 0 Å². The number of carboxylic acid groups (broad SMARTS) is 1. The number of benzene rings is 1. The van der Waals surface area contributed by atoms with E-state index in [4.69, 9.17) is 25.8 Å². The average molecular weight is 531 g/mol. The normalized spacial score (nSPS) is 14.1. The molecule has 0 heterocycles. The molecule has 4 N–H and O–H groups in total. The molecule has 10 heteroatoms. The predicted octanol–water partition coefficient (Wildman–Crippen LogP) is 3.69. The minimum Gasteiger partial charge on any atom is -0.493 e. The Labute approximate surface area is 219 Å². The highest BCUT2D eigenvalue weighted by molar-refractivity contribution is 6.19. The lowest BCUT2D eigenvalue weighted by Crippen LogP contribution is -2.51. The zero-order chi connectivity index (χ0) is 27.3. The van der Waals surface area contributed by atoms with E-state index >= 15 is 0 Å². The van der Waals surface area contributed by atoms with Gasteiger partial charge in [-0.2, -0.15) is 0 Å². The van der Waals surface area contributed by atoms with E-state index in [0.29, 0.717) is 37.6 Å². The van der Waals surface area contributed by atoms with Gasteiger partial charge in [0.25, 0.3) is 0 Å².